The van der Waals surface area contributed by atoms with Crippen molar-refractivity contribution < 1.29 is 80.7 Å². The monoisotopic (exact) mass is 432 g/mol. The van der Waals surface area contributed by atoms with E-state index in [2.05, 4.69) is 0 Å². The Labute approximate surface area is 213 Å². The van der Waals surface area contributed by atoms with Crippen molar-refractivity contribution in [2.75, 3.05) is 0 Å². The molecule has 5 nitrogen and oxygen atoms in total. The molecule has 0 radical (unpaired) electrons. The Morgan fingerprint density at radius 2 is 1.93 bits per heavy atom. The molecule has 0 saturated heterocycles. The number of ketones is 1. The van der Waals surface area contributed by atoms with E-state index < -0.39 is 40.1 Å². The van der Waals surface area contributed by atoms with E-state index in [-0.39, 0.29) is 82.3 Å². The molecule has 3 saturated carbocycles. The maximum Gasteiger partial charge on any atom is 1.00 e. The second-order valence-corrected chi connectivity index (χ2v) is 10.1. The van der Waals surface area contributed by atoms with Crippen molar-refractivity contribution in [3.05, 3.63) is 11.6 Å². The number of carbonyl (C=O) groups is 2. The minimum Gasteiger partial charge on any atom is -0.550 e. The van der Waals surface area contributed by atoms with Crippen LogP contribution in [0.25, 0.3) is 0 Å². The number of rotatable bonds is 3. The van der Waals surface area contributed by atoms with Crippen LogP contribution < -0.4 is 56.5 Å². The molecule has 4 rings (SSSR count). The molecule has 0 spiro atoms. The number of alkyl halides is 1. The summed E-state index contributed by atoms with van der Waals surface area (Å²) in [6.45, 7) is 3.74. The van der Waals surface area contributed by atoms with Crippen molar-refractivity contribution in [1.82, 2.24) is 0 Å². The van der Waals surface area contributed by atoms with E-state index in [9.17, 15) is 24.9 Å². The van der Waals surface area contributed by atoms with Crippen molar-refractivity contribution in [3.8, 4) is 0 Å². The third-order valence-corrected chi connectivity index (χ3v) is 9.11. The summed E-state index contributed by atoms with van der Waals surface area (Å²) in [7, 11) is 0. The molecular weight excluding hydrogens is 402 g/mol. The van der Waals surface area contributed by atoms with Crippen molar-refractivity contribution >= 4 is 11.8 Å². The molecule has 4 aliphatic rings. The predicted molar refractivity (Wildman–Crippen MR) is 97.6 cm³/mol. The van der Waals surface area contributed by atoms with E-state index in [4.69, 9.17) is 0 Å². The van der Waals surface area contributed by atoms with Gasteiger partial charge in [-0.3, -0.25) is 4.79 Å². The molecule has 0 amide bonds. The smallest absolute Gasteiger partial charge is 0.550 e. The van der Waals surface area contributed by atoms with E-state index in [1.54, 1.807) is 6.08 Å². The summed E-state index contributed by atoms with van der Waals surface area (Å²) in [6, 6.07) is 0. The fraction of sp³-hybridized carbons (Fsp3) is 0.818. The van der Waals surface area contributed by atoms with Crippen LogP contribution in [0.15, 0.2) is 11.6 Å². The van der Waals surface area contributed by atoms with Crippen LogP contribution in [-0.2, 0) is 9.59 Å². The molecule has 0 bridgehead atoms. The number of halogens is 1. The first-order chi connectivity index (χ1) is 13.0. The van der Waals surface area contributed by atoms with Gasteiger partial charge in [0.1, 0.15) is 5.67 Å². The van der Waals surface area contributed by atoms with Gasteiger partial charge in [-0.05, 0) is 63.4 Å². The van der Waals surface area contributed by atoms with Crippen LogP contribution in [0.2, 0.25) is 0 Å². The van der Waals surface area contributed by atoms with E-state index in [0.717, 1.165) is 5.57 Å². The van der Waals surface area contributed by atoms with Gasteiger partial charge in [0.05, 0.1) is 11.7 Å². The Bertz CT molecular complexity index is 755. The zero-order valence-electron chi connectivity index (χ0n) is 17.7. The molecular formula is C22H30FKO5. The maximum atomic E-state index is 16.8. The summed E-state index contributed by atoms with van der Waals surface area (Å²) < 4.78 is 16.8. The number of allylic oxidation sites excluding steroid dienone is 1. The van der Waals surface area contributed by atoms with E-state index in [1.165, 1.54) is 0 Å². The number of aliphatic hydroxyl groups is 2. The molecule has 0 aromatic rings. The van der Waals surface area contributed by atoms with Crippen LogP contribution >= 0.6 is 0 Å². The Hall–Kier alpha value is 0.366. The molecule has 0 aromatic heterocycles. The molecule has 4 aliphatic carbocycles. The number of aliphatic hydroxyl groups excluding tert-OH is 1. The Kier molecular flexibility index (Phi) is 6.42. The van der Waals surface area contributed by atoms with Crippen molar-refractivity contribution in [2.45, 2.75) is 89.0 Å². The second-order valence-electron chi connectivity index (χ2n) is 10.1. The van der Waals surface area contributed by atoms with E-state index in [1.807, 2.05) is 13.8 Å². The van der Waals surface area contributed by atoms with Crippen LogP contribution in [-0.4, -0.2) is 39.3 Å². The molecule has 156 valence electrons. The molecule has 7 atom stereocenters. The SMILES string of the molecule is C[C@]12CCC(=O)C=C1CCC1C3CC[C@@](O)(CCC(=O)[O-])[C@@]3(C)C[C@H](O)C12F.[K+]. The van der Waals surface area contributed by atoms with E-state index >= 15 is 4.39 Å². The normalized spacial score (nSPS) is 48.7. The Morgan fingerprint density at radius 1 is 1.24 bits per heavy atom. The molecule has 0 aromatic carbocycles. The van der Waals surface area contributed by atoms with Crippen molar-refractivity contribution in [2.24, 2.45) is 22.7 Å². The average molecular weight is 433 g/mol. The quantitative estimate of drug-likeness (QED) is 0.549. The average Bonchev–Trinajstić information content (AvgIpc) is 2.87. The molecule has 7 heteroatoms. The fourth-order valence-electron chi connectivity index (χ4n) is 7.38. The molecule has 29 heavy (non-hydrogen) atoms. The van der Waals surface area contributed by atoms with Gasteiger partial charge in [0.2, 0.25) is 0 Å². The van der Waals surface area contributed by atoms with E-state index in [0.29, 0.717) is 38.5 Å². The summed E-state index contributed by atoms with van der Waals surface area (Å²) in [5, 5.41) is 33.4. The second kappa shape index (κ2) is 7.75. The first-order valence-corrected chi connectivity index (χ1v) is 10.5. The van der Waals surface area contributed by atoms with Gasteiger partial charge in [0, 0.05) is 29.1 Å². The maximum absolute atomic E-state index is 16.8. The number of hydrogen-bond donors (Lipinski definition) is 2. The zero-order valence-corrected chi connectivity index (χ0v) is 20.8. The summed E-state index contributed by atoms with van der Waals surface area (Å²) in [5.41, 5.74) is -3.85. The van der Waals surface area contributed by atoms with Crippen LogP contribution in [0.4, 0.5) is 4.39 Å². The van der Waals surface area contributed by atoms with Gasteiger partial charge < -0.3 is 20.1 Å². The third-order valence-electron chi connectivity index (χ3n) is 9.11. The van der Waals surface area contributed by atoms with Crippen LogP contribution in [0.5, 0.6) is 0 Å². The van der Waals surface area contributed by atoms with Gasteiger partial charge >= 0.3 is 51.4 Å². The first kappa shape index (κ1) is 24.0. The minimum absolute atomic E-state index is 0. The largest absolute Gasteiger partial charge is 1.00 e. The Morgan fingerprint density at radius 3 is 2.59 bits per heavy atom. The standard InChI is InChI=1S/C22H31FO5.K/c1-19-8-5-14(24)11-13(19)3-4-16-15-6-9-21(28,10-7-18(26)27)20(15,2)12-17(25)22(16,19)23;/h11,15-17,25,28H,3-10,12H2,1-2H3,(H,26,27);/q;+1/p-1/t15?,16?,17-,19-,20-,21+,22?;/m0./s1. The molecule has 3 unspecified atom stereocenters. The van der Waals surface area contributed by atoms with Crippen LogP contribution in [0, 0.1) is 22.7 Å². The summed E-state index contributed by atoms with van der Waals surface area (Å²) in [6.07, 6.45) is 3.17. The topological polar surface area (TPSA) is 97.7 Å². The van der Waals surface area contributed by atoms with Crippen LogP contribution in [0.1, 0.15) is 71.6 Å². The van der Waals surface area contributed by atoms with Gasteiger partial charge in [0.25, 0.3) is 0 Å². The predicted octanol–water partition coefficient (Wildman–Crippen LogP) is -1.15. The fourth-order valence-corrected chi connectivity index (χ4v) is 7.38. The van der Waals surface area contributed by atoms with Crippen molar-refractivity contribution in [3.63, 3.8) is 0 Å². The summed E-state index contributed by atoms with van der Waals surface area (Å²) >= 11 is 0. The number of hydrogen-bond acceptors (Lipinski definition) is 5. The number of fused-ring (bicyclic) bond motifs is 5. The molecule has 3 fully saturated rings. The zero-order chi connectivity index (χ0) is 20.5. The Balaban J connectivity index is 0.00000240. The third kappa shape index (κ3) is 3.21. The molecule has 0 heterocycles. The van der Waals surface area contributed by atoms with Gasteiger partial charge in [0.15, 0.2) is 5.78 Å². The minimum atomic E-state index is -1.83. The van der Waals surface area contributed by atoms with Crippen LogP contribution in [0.3, 0.4) is 0 Å². The number of carboxylic acid groups (broad SMARTS) is 1. The van der Waals surface area contributed by atoms with Gasteiger partial charge in [-0.1, -0.05) is 19.4 Å². The van der Waals surface area contributed by atoms with Crippen molar-refractivity contribution in [1.29, 1.82) is 0 Å². The summed E-state index contributed by atoms with van der Waals surface area (Å²) in [5.74, 6) is -1.71. The summed E-state index contributed by atoms with van der Waals surface area (Å²) in [4.78, 5) is 22.9. The molecule has 0 aliphatic heterocycles. The van der Waals surface area contributed by atoms with Gasteiger partial charge in [-0.25, -0.2) is 4.39 Å². The number of aliphatic carboxylic acids is 1. The van der Waals surface area contributed by atoms with Gasteiger partial charge in [-0.15, -0.1) is 0 Å². The number of carboxylic acids is 1. The molecule has 2 N–H and O–H groups in total. The van der Waals surface area contributed by atoms with Gasteiger partial charge in [-0.2, -0.15) is 0 Å². The number of carbonyl (C=O) groups excluding carboxylic acids is 2. The first-order valence-electron chi connectivity index (χ1n) is 10.5.